The van der Waals surface area contributed by atoms with Crippen molar-refractivity contribution in [3.63, 3.8) is 0 Å². The third kappa shape index (κ3) is 3.66. The zero-order valence-corrected chi connectivity index (χ0v) is 18.1. The number of likely N-dealkylation sites (N-methyl/N-ethyl adjacent to an activating group) is 1. The number of hydrogen-bond acceptors (Lipinski definition) is 1. The van der Waals surface area contributed by atoms with Crippen molar-refractivity contribution >= 4 is 11.6 Å². The molecule has 2 aliphatic heterocycles. The molecule has 5 rings (SSSR count). The number of quaternary nitrogens is 1. The summed E-state index contributed by atoms with van der Waals surface area (Å²) in [6.45, 7) is 5.14. The Morgan fingerprint density at radius 2 is 1.81 bits per heavy atom. The minimum absolute atomic E-state index is 0.0308. The van der Waals surface area contributed by atoms with E-state index in [-0.39, 0.29) is 17.8 Å². The SMILES string of the molecule is Cc1ccc2c(c1)[C@@H]1C[N+](C)(Cc3ccccc3)CC[C@H]1N2C(=O)c1ccc(F)cc1. The number of amides is 1. The maximum Gasteiger partial charge on any atom is 0.258 e. The average molecular weight is 416 g/mol. The van der Waals surface area contributed by atoms with Crippen molar-refractivity contribution in [2.75, 3.05) is 25.0 Å². The molecule has 0 spiro atoms. The van der Waals surface area contributed by atoms with Gasteiger partial charge >= 0.3 is 0 Å². The van der Waals surface area contributed by atoms with E-state index in [1.807, 2.05) is 4.90 Å². The van der Waals surface area contributed by atoms with Gasteiger partial charge in [0.25, 0.3) is 5.91 Å². The van der Waals surface area contributed by atoms with Crippen molar-refractivity contribution < 1.29 is 13.7 Å². The lowest BCUT2D eigenvalue weighted by molar-refractivity contribution is -0.928. The van der Waals surface area contributed by atoms with Crippen molar-refractivity contribution in [3.8, 4) is 0 Å². The lowest BCUT2D eigenvalue weighted by Gasteiger charge is -2.44. The summed E-state index contributed by atoms with van der Waals surface area (Å²) in [6, 6.07) is 23.2. The van der Waals surface area contributed by atoms with Crippen LogP contribution in [0.25, 0.3) is 0 Å². The molecule has 0 N–H and O–H groups in total. The third-order valence-electron chi connectivity index (χ3n) is 6.96. The molecule has 3 aromatic rings. The number of aryl methyl sites for hydroxylation is 1. The number of halogens is 1. The molecule has 0 aromatic heterocycles. The number of hydrogen-bond donors (Lipinski definition) is 0. The molecule has 3 nitrogen and oxygen atoms in total. The molecule has 0 saturated carbocycles. The molecule has 158 valence electrons. The van der Waals surface area contributed by atoms with Crippen molar-refractivity contribution in [3.05, 3.63) is 101 Å². The number of piperidine rings is 1. The van der Waals surface area contributed by atoms with Crippen LogP contribution in [-0.2, 0) is 6.54 Å². The monoisotopic (exact) mass is 415 g/mol. The summed E-state index contributed by atoms with van der Waals surface area (Å²) in [7, 11) is 2.34. The standard InChI is InChI=1S/C27H28FN2O/c1-19-8-13-25-23(16-19)24-18-30(2,17-20-6-4-3-5-7-20)15-14-26(24)29(25)27(31)21-9-11-22(28)12-10-21/h3-13,16,24,26H,14-15,17-18H2,1-2H3/q+1/t24-,26+,30?/m0/s1. The molecule has 3 aromatic carbocycles. The van der Waals surface area contributed by atoms with E-state index in [2.05, 4.69) is 62.5 Å². The molecule has 1 saturated heterocycles. The van der Waals surface area contributed by atoms with Gasteiger partial charge in [-0.2, -0.15) is 0 Å². The van der Waals surface area contributed by atoms with Gasteiger partial charge in [0.05, 0.1) is 32.1 Å². The van der Waals surface area contributed by atoms with E-state index >= 15 is 0 Å². The number of nitrogens with zero attached hydrogens (tertiary/aromatic N) is 2. The predicted molar refractivity (Wildman–Crippen MR) is 122 cm³/mol. The molecule has 2 heterocycles. The van der Waals surface area contributed by atoms with E-state index in [1.165, 1.54) is 28.8 Å². The van der Waals surface area contributed by atoms with Gasteiger partial charge in [0.1, 0.15) is 12.4 Å². The molecular weight excluding hydrogens is 387 g/mol. The third-order valence-corrected chi connectivity index (χ3v) is 6.96. The normalized spacial score (nSPS) is 24.5. The topological polar surface area (TPSA) is 20.3 Å². The molecule has 1 fully saturated rings. The Bertz CT molecular complexity index is 1110. The number of likely N-dealkylation sites (tertiary alicyclic amines) is 1. The van der Waals surface area contributed by atoms with E-state index in [0.29, 0.717) is 11.5 Å². The van der Waals surface area contributed by atoms with Crippen LogP contribution < -0.4 is 4.90 Å². The summed E-state index contributed by atoms with van der Waals surface area (Å²) in [6.07, 6.45) is 0.953. The van der Waals surface area contributed by atoms with Crippen LogP contribution in [0.2, 0.25) is 0 Å². The first-order valence-corrected chi connectivity index (χ1v) is 11.0. The van der Waals surface area contributed by atoms with Crippen LogP contribution in [0.15, 0.2) is 72.8 Å². The van der Waals surface area contributed by atoms with Crippen LogP contribution in [-0.4, -0.2) is 36.6 Å². The second-order valence-corrected chi connectivity index (χ2v) is 9.38. The van der Waals surface area contributed by atoms with E-state index in [1.54, 1.807) is 12.1 Å². The highest BCUT2D eigenvalue weighted by atomic mass is 19.1. The molecule has 2 aliphatic rings. The van der Waals surface area contributed by atoms with Crippen LogP contribution in [0, 0.1) is 12.7 Å². The van der Waals surface area contributed by atoms with Crippen molar-refractivity contribution in [1.29, 1.82) is 0 Å². The van der Waals surface area contributed by atoms with Gasteiger partial charge in [-0.3, -0.25) is 4.79 Å². The Morgan fingerprint density at radius 3 is 2.55 bits per heavy atom. The fourth-order valence-corrected chi connectivity index (χ4v) is 5.48. The van der Waals surface area contributed by atoms with Crippen LogP contribution in [0.5, 0.6) is 0 Å². The van der Waals surface area contributed by atoms with Crippen molar-refractivity contribution in [1.82, 2.24) is 0 Å². The van der Waals surface area contributed by atoms with Crippen molar-refractivity contribution in [2.24, 2.45) is 0 Å². The Hall–Kier alpha value is -2.98. The summed E-state index contributed by atoms with van der Waals surface area (Å²) in [5.74, 6) is -0.0444. The first kappa shape index (κ1) is 20.0. The highest BCUT2D eigenvalue weighted by Gasteiger charge is 2.49. The molecule has 31 heavy (non-hydrogen) atoms. The van der Waals surface area contributed by atoms with E-state index in [4.69, 9.17) is 0 Å². The fraction of sp³-hybridized carbons (Fsp3) is 0.296. The minimum atomic E-state index is -0.321. The van der Waals surface area contributed by atoms with Crippen LogP contribution in [0.4, 0.5) is 10.1 Å². The lowest BCUT2D eigenvalue weighted by Crippen LogP contribution is -2.56. The van der Waals surface area contributed by atoms with E-state index in [0.717, 1.165) is 36.2 Å². The van der Waals surface area contributed by atoms with Gasteiger partial charge < -0.3 is 9.38 Å². The van der Waals surface area contributed by atoms with E-state index in [9.17, 15) is 9.18 Å². The smallest absolute Gasteiger partial charge is 0.258 e. The molecule has 0 aliphatic carbocycles. The zero-order chi connectivity index (χ0) is 21.6. The molecule has 4 heteroatoms. The summed E-state index contributed by atoms with van der Waals surface area (Å²) < 4.78 is 14.4. The number of carbonyl (C=O) groups excluding carboxylic acids is 1. The fourth-order valence-electron chi connectivity index (χ4n) is 5.48. The second kappa shape index (κ2) is 7.61. The Kier molecular flexibility index (Phi) is 4.90. The molecule has 1 unspecified atom stereocenters. The van der Waals surface area contributed by atoms with Crippen LogP contribution in [0.3, 0.4) is 0 Å². The zero-order valence-electron chi connectivity index (χ0n) is 18.1. The van der Waals surface area contributed by atoms with Gasteiger partial charge in [-0.25, -0.2) is 4.39 Å². The van der Waals surface area contributed by atoms with Crippen LogP contribution in [0.1, 0.15) is 39.4 Å². The maximum absolute atomic E-state index is 13.5. The number of fused-ring (bicyclic) bond motifs is 3. The van der Waals surface area contributed by atoms with E-state index < -0.39 is 0 Å². The first-order chi connectivity index (χ1) is 14.9. The highest BCUT2D eigenvalue weighted by Crippen LogP contribution is 2.47. The van der Waals surface area contributed by atoms with Gasteiger partial charge in [0, 0.05) is 23.2 Å². The number of benzene rings is 3. The summed E-state index contributed by atoms with van der Waals surface area (Å²) in [5, 5.41) is 0. The molecule has 3 atom stereocenters. The molecule has 0 radical (unpaired) electrons. The van der Waals surface area contributed by atoms with Gasteiger partial charge in [0.2, 0.25) is 0 Å². The van der Waals surface area contributed by atoms with Gasteiger partial charge in [-0.05, 0) is 42.8 Å². The first-order valence-electron chi connectivity index (χ1n) is 11.0. The quantitative estimate of drug-likeness (QED) is 0.532. The van der Waals surface area contributed by atoms with Gasteiger partial charge in [-0.15, -0.1) is 0 Å². The number of rotatable bonds is 3. The van der Waals surface area contributed by atoms with Gasteiger partial charge in [-0.1, -0.05) is 48.0 Å². The second-order valence-electron chi connectivity index (χ2n) is 9.38. The highest BCUT2D eigenvalue weighted by molar-refractivity contribution is 6.08. The van der Waals surface area contributed by atoms with Crippen LogP contribution >= 0.6 is 0 Å². The predicted octanol–water partition coefficient (Wildman–Crippen LogP) is 5.30. The number of carbonyl (C=O) groups is 1. The summed E-state index contributed by atoms with van der Waals surface area (Å²) in [4.78, 5) is 15.5. The summed E-state index contributed by atoms with van der Waals surface area (Å²) in [5.41, 5.74) is 5.41. The van der Waals surface area contributed by atoms with Gasteiger partial charge in [0.15, 0.2) is 0 Å². The minimum Gasteiger partial charge on any atom is -0.322 e. The summed E-state index contributed by atoms with van der Waals surface area (Å²) >= 11 is 0. The average Bonchev–Trinajstić information content (AvgIpc) is 3.06. The Morgan fingerprint density at radius 1 is 1.06 bits per heavy atom. The molecule has 1 amide bonds. The number of anilines is 1. The largest absolute Gasteiger partial charge is 0.322 e. The maximum atomic E-state index is 13.5. The Balaban J connectivity index is 1.49. The molecule has 0 bridgehead atoms. The Labute approximate surface area is 183 Å². The van der Waals surface area contributed by atoms with Crippen molar-refractivity contribution in [2.45, 2.75) is 31.8 Å². The lowest BCUT2D eigenvalue weighted by atomic mass is 9.87. The molecular formula is C27H28FN2O+.